The van der Waals surface area contributed by atoms with E-state index in [2.05, 4.69) is 15.9 Å². The lowest BCUT2D eigenvalue weighted by atomic mass is 10.4. The van der Waals surface area contributed by atoms with E-state index < -0.39 is 0 Å². The maximum absolute atomic E-state index is 10.6. The lowest BCUT2D eigenvalue weighted by Gasteiger charge is -1.89. The van der Waals surface area contributed by atoms with Crippen molar-refractivity contribution in [3.05, 3.63) is 22.4 Å². The van der Waals surface area contributed by atoms with Gasteiger partial charge in [-0.1, -0.05) is 0 Å². The molecule has 0 radical (unpaired) electrons. The van der Waals surface area contributed by atoms with E-state index in [0.717, 1.165) is 0 Å². The van der Waals surface area contributed by atoms with Gasteiger partial charge in [0.1, 0.15) is 10.2 Å². The van der Waals surface area contributed by atoms with E-state index in [0.29, 0.717) is 10.2 Å². The van der Waals surface area contributed by atoms with Gasteiger partial charge in [0.25, 0.3) is 0 Å². The van der Waals surface area contributed by atoms with E-state index >= 15 is 0 Å². The SMILES string of the molecule is C/C=C1/C=C(Br)C(=O)O1. The van der Waals surface area contributed by atoms with Crippen molar-refractivity contribution in [1.29, 1.82) is 0 Å². The fourth-order valence-corrected chi connectivity index (χ4v) is 0.818. The largest absolute Gasteiger partial charge is 0.423 e. The lowest BCUT2D eigenvalue weighted by molar-refractivity contribution is -0.132. The number of esters is 1. The number of halogens is 1. The van der Waals surface area contributed by atoms with Crippen LogP contribution in [0.3, 0.4) is 0 Å². The highest BCUT2D eigenvalue weighted by atomic mass is 79.9. The van der Waals surface area contributed by atoms with Crippen LogP contribution in [0.25, 0.3) is 0 Å². The molecule has 0 saturated carbocycles. The first kappa shape index (κ1) is 6.55. The predicted octanol–water partition coefficient (Wildman–Crippen LogP) is 1.73. The van der Waals surface area contributed by atoms with Crippen molar-refractivity contribution in [3.8, 4) is 0 Å². The van der Waals surface area contributed by atoms with Gasteiger partial charge < -0.3 is 4.74 Å². The summed E-state index contributed by atoms with van der Waals surface area (Å²) in [5, 5.41) is 0. The Morgan fingerprint density at radius 1 is 1.78 bits per heavy atom. The highest BCUT2D eigenvalue weighted by Crippen LogP contribution is 2.20. The number of rotatable bonds is 0. The first-order chi connectivity index (χ1) is 4.24. The standard InChI is InChI=1S/C6H5BrO2/c1-2-4-3-5(7)6(8)9-4/h2-3H,1H3/b4-2-. The van der Waals surface area contributed by atoms with Crippen molar-refractivity contribution in [3.63, 3.8) is 0 Å². The Morgan fingerprint density at radius 2 is 2.44 bits per heavy atom. The Hall–Kier alpha value is -0.570. The summed E-state index contributed by atoms with van der Waals surface area (Å²) in [6.07, 6.45) is 3.37. The molecule has 0 bridgehead atoms. The summed E-state index contributed by atoms with van der Waals surface area (Å²) in [5.41, 5.74) is 0. The first-order valence-electron chi connectivity index (χ1n) is 2.49. The average Bonchev–Trinajstić information content (AvgIpc) is 2.13. The molecule has 1 aliphatic rings. The molecule has 0 aromatic rings. The number of carbonyl (C=O) groups excluding carboxylic acids is 1. The molecule has 0 atom stereocenters. The van der Waals surface area contributed by atoms with Crippen molar-refractivity contribution in [2.45, 2.75) is 6.92 Å². The smallest absolute Gasteiger partial charge is 0.350 e. The number of ether oxygens (including phenoxy) is 1. The Kier molecular flexibility index (Phi) is 1.71. The summed E-state index contributed by atoms with van der Waals surface area (Å²) < 4.78 is 5.19. The second kappa shape index (κ2) is 2.35. The molecule has 0 aromatic carbocycles. The second-order valence-electron chi connectivity index (χ2n) is 1.57. The van der Waals surface area contributed by atoms with Crippen LogP contribution in [0.2, 0.25) is 0 Å². The summed E-state index contributed by atoms with van der Waals surface area (Å²) in [6.45, 7) is 1.81. The van der Waals surface area contributed by atoms with Gasteiger partial charge in [-0.05, 0) is 28.9 Å². The normalized spacial score (nSPS) is 22.2. The molecule has 1 aliphatic heterocycles. The minimum Gasteiger partial charge on any atom is -0.423 e. The van der Waals surface area contributed by atoms with Gasteiger partial charge in [-0.15, -0.1) is 0 Å². The summed E-state index contributed by atoms with van der Waals surface area (Å²) in [4.78, 5) is 10.6. The lowest BCUT2D eigenvalue weighted by Crippen LogP contribution is -1.92. The summed E-state index contributed by atoms with van der Waals surface area (Å²) in [7, 11) is 0. The van der Waals surface area contributed by atoms with E-state index in [4.69, 9.17) is 4.74 Å². The molecular formula is C6H5BrO2. The van der Waals surface area contributed by atoms with Crippen LogP contribution in [0.15, 0.2) is 22.4 Å². The van der Waals surface area contributed by atoms with Crippen LogP contribution in [0.5, 0.6) is 0 Å². The Labute approximate surface area is 61.3 Å². The zero-order valence-electron chi connectivity index (χ0n) is 4.85. The first-order valence-corrected chi connectivity index (χ1v) is 3.29. The van der Waals surface area contributed by atoms with Crippen molar-refractivity contribution in [2.24, 2.45) is 0 Å². The summed E-state index contributed by atoms with van der Waals surface area (Å²) >= 11 is 3.03. The molecule has 1 heterocycles. The third-order valence-corrected chi connectivity index (χ3v) is 1.51. The van der Waals surface area contributed by atoms with Crippen LogP contribution in [0.4, 0.5) is 0 Å². The minimum absolute atomic E-state index is 0.317. The Bertz CT molecular complexity index is 203. The van der Waals surface area contributed by atoms with Gasteiger partial charge in [0.15, 0.2) is 0 Å². The molecule has 3 heteroatoms. The predicted molar refractivity (Wildman–Crippen MR) is 36.9 cm³/mol. The topological polar surface area (TPSA) is 26.3 Å². The van der Waals surface area contributed by atoms with Crippen LogP contribution in [0.1, 0.15) is 6.92 Å². The molecule has 0 saturated heterocycles. The van der Waals surface area contributed by atoms with Crippen LogP contribution in [-0.4, -0.2) is 5.97 Å². The molecule has 9 heavy (non-hydrogen) atoms. The highest BCUT2D eigenvalue weighted by molar-refractivity contribution is 9.12. The van der Waals surface area contributed by atoms with Gasteiger partial charge >= 0.3 is 5.97 Å². The number of hydrogen-bond donors (Lipinski definition) is 0. The van der Waals surface area contributed by atoms with Gasteiger partial charge in [0.05, 0.1) is 0 Å². The number of allylic oxidation sites excluding steroid dienone is 2. The second-order valence-corrected chi connectivity index (χ2v) is 2.43. The summed E-state index contributed by atoms with van der Waals surface area (Å²) in [6, 6.07) is 0. The quantitative estimate of drug-likeness (QED) is 0.542. The molecule has 0 spiro atoms. The fraction of sp³-hybridized carbons (Fsp3) is 0.167. The van der Waals surface area contributed by atoms with Gasteiger partial charge in [0.2, 0.25) is 0 Å². The Balaban J connectivity index is 2.86. The van der Waals surface area contributed by atoms with Gasteiger partial charge in [-0.3, -0.25) is 0 Å². The van der Waals surface area contributed by atoms with E-state index in [9.17, 15) is 4.79 Å². The fourth-order valence-electron chi connectivity index (χ4n) is 0.511. The van der Waals surface area contributed by atoms with Gasteiger partial charge in [0, 0.05) is 6.08 Å². The van der Waals surface area contributed by atoms with E-state index in [-0.39, 0.29) is 5.97 Å². The van der Waals surface area contributed by atoms with Crippen LogP contribution in [0, 0.1) is 0 Å². The molecule has 2 nitrogen and oxygen atoms in total. The van der Waals surface area contributed by atoms with Crippen molar-refractivity contribution in [2.75, 3.05) is 0 Å². The molecule has 0 N–H and O–H groups in total. The van der Waals surface area contributed by atoms with Gasteiger partial charge in [-0.2, -0.15) is 0 Å². The third-order valence-electron chi connectivity index (χ3n) is 0.959. The molecule has 0 amide bonds. The average molecular weight is 189 g/mol. The highest BCUT2D eigenvalue weighted by Gasteiger charge is 2.16. The molecular weight excluding hydrogens is 184 g/mol. The van der Waals surface area contributed by atoms with Gasteiger partial charge in [-0.25, -0.2) is 4.79 Å². The van der Waals surface area contributed by atoms with E-state index in [1.54, 1.807) is 12.2 Å². The number of cyclic esters (lactones) is 1. The number of hydrogen-bond acceptors (Lipinski definition) is 2. The zero-order chi connectivity index (χ0) is 6.85. The summed E-state index contributed by atoms with van der Waals surface area (Å²) in [5.74, 6) is 0.287. The van der Waals surface area contributed by atoms with Crippen LogP contribution in [-0.2, 0) is 9.53 Å². The molecule has 0 unspecified atom stereocenters. The van der Waals surface area contributed by atoms with Crippen molar-refractivity contribution in [1.82, 2.24) is 0 Å². The maximum Gasteiger partial charge on any atom is 0.350 e. The van der Waals surface area contributed by atoms with Crippen LogP contribution < -0.4 is 0 Å². The van der Waals surface area contributed by atoms with Crippen molar-refractivity contribution < 1.29 is 9.53 Å². The van der Waals surface area contributed by atoms with Crippen molar-refractivity contribution >= 4 is 21.9 Å². The minimum atomic E-state index is -0.317. The Morgan fingerprint density at radius 3 is 2.67 bits per heavy atom. The molecule has 0 fully saturated rings. The molecule has 0 aliphatic carbocycles. The molecule has 48 valence electrons. The van der Waals surface area contributed by atoms with E-state index in [1.165, 1.54) is 0 Å². The maximum atomic E-state index is 10.6. The number of carbonyl (C=O) groups is 1. The molecule has 0 aromatic heterocycles. The van der Waals surface area contributed by atoms with E-state index in [1.807, 2.05) is 6.92 Å². The monoisotopic (exact) mass is 188 g/mol. The van der Waals surface area contributed by atoms with Crippen LogP contribution >= 0.6 is 15.9 Å². The zero-order valence-corrected chi connectivity index (χ0v) is 6.44. The third kappa shape index (κ3) is 1.21. The molecule has 1 rings (SSSR count).